The summed E-state index contributed by atoms with van der Waals surface area (Å²) in [4.78, 5) is 10.7. The number of hydrogen-bond acceptors (Lipinski definition) is 8. The molecule has 14 heteroatoms. The Labute approximate surface area is 193 Å². The fourth-order valence-electron chi connectivity index (χ4n) is 3.65. The summed E-state index contributed by atoms with van der Waals surface area (Å²) in [5.74, 6) is -1.83. The fraction of sp³-hybridized carbons (Fsp3) is 0.0952. The van der Waals surface area contributed by atoms with Gasteiger partial charge >= 0.3 is 6.18 Å². The van der Waals surface area contributed by atoms with E-state index in [4.69, 9.17) is 5.73 Å². The summed E-state index contributed by atoms with van der Waals surface area (Å²) >= 11 is 0. The Hall–Kier alpha value is -4.93. The van der Waals surface area contributed by atoms with E-state index < -0.39 is 17.8 Å². The lowest BCUT2D eigenvalue weighted by Gasteiger charge is -2.06. The Morgan fingerprint density at radius 3 is 2.51 bits per heavy atom. The first-order valence-corrected chi connectivity index (χ1v) is 9.87. The van der Waals surface area contributed by atoms with Gasteiger partial charge in [0, 0.05) is 29.9 Å². The highest BCUT2D eigenvalue weighted by molar-refractivity contribution is 5.92. The van der Waals surface area contributed by atoms with Gasteiger partial charge in [0.15, 0.2) is 5.82 Å². The van der Waals surface area contributed by atoms with Crippen molar-refractivity contribution in [1.29, 1.82) is 5.26 Å². The number of nitriles is 1. The van der Waals surface area contributed by atoms with E-state index in [9.17, 15) is 22.8 Å². The monoisotopic (exact) mass is 480 g/mol. The molecule has 0 bridgehead atoms. The molecule has 0 saturated carbocycles. The van der Waals surface area contributed by atoms with Crippen LogP contribution in [0.1, 0.15) is 22.8 Å². The third kappa shape index (κ3) is 3.78. The molecule has 35 heavy (non-hydrogen) atoms. The summed E-state index contributed by atoms with van der Waals surface area (Å²) in [5.41, 5.74) is 7.49. The summed E-state index contributed by atoms with van der Waals surface area (Å²) in [7, 11) is 0. The highest BCUT2D eigenvalue weighted by Gasteiger charge is 2.34. The smallest absolute Gasteiger partial charge is 0.382 e. The molecule has 1 aromatic carbocycles. The van der Waals surface area contributed by atoms with Crippen molar-refractivity contribution in [3.8, 4) is 22.9 Å². The summed E-state index contributed by atoms with van der Waals surface area (Å²) in [6, 6.07) is 8.05. The van der Waals surface area contributed by atoms with Crippen LogP contribution in [0.15, 0.2) is 49.2 Å². The van der Waals surface area contributed by atoms with E-state index in [0.717, 1.165) is 12.4 Å². The highest BCUT2D eigenvalue weighted by atomic mass is 19.4. The maximum absolute atomic E-state index is 14.1. The molecule has 5 rings (SSSR count). The van der Waals surface area contributed by atoms with Gasteiger partial charge in [0.05, 0.1) is 23.1 Å². The topological polar surface area (TPSA) is 136 Å². The van der Waals surface area contributed by atoms with E-state index in [-0.39, 0.29) is 40.1 Å². The second kappa shape index (κ2) is 8.13. The molecule has 10 nitrogen and oxygen atoms in total. The van der Waals surface area contributed by atoms with Crippen molar-refractivity contribution in [3.63, 3.8) is 0 Å². The third-order valence-electron chi connectivity index (χ3n) is 5.14. The molecule has 0 atom stereocenters. The van der Waals surface area contributed by atoms with E-state index >= 15 is 0 Å². The van der Waals surface area contributed by atoms with Gasteiger partial charge < -0.3 is 5.73 Å². The summed E-state index contributed by atoms with van der Waals surface area (Å²) < 4.78 is 55.5. The minimum absolute atomic E-state index is 0.00680. The first kappa shape index (κ1) is 21.9. The molecule has 0 unspecified atom stereocenters. The first-order chi connectivity index (χ1) is 16.8. The van der Waals surface area contributed by atoms with Crippen molar-refractivity contribution in [1.82, 2.24) is 39.6 Å². The largest absolute Gasteiger partial charge is 0.451 e. The van der Waals surface area contributed by atoms with Gasteiger partial charge in [-0.15, -0.1) is 5.10 Å². The Balaban J connectivity index is 1.64. The minimum atomic E-state index is -4.73. The molecule has 4 aromatic heterocycles. The number of nitrogens with two attached hydrogens (primary N) is 1. The van der Waals surface area contributed by atoms with Gasteiger partial charge in [-0.25, -0.2) is 28.5 Å². The summed E-state index contributed by atoms with van der Waals surface area (Å²) in [5, 5.41) is 22.1. The van der Waals surface area contributed by atoms with Gasteiger partial charge in [-0.3, -0.25) is 0 Å². The van der Waals surface area contributed by atoms with Crippen LogP contribution >= 0.6 is 0 Å². The van der Waals surface area contributed by atoms with Crippen LogP contribution < -0.4 is 5.73 Å². The molecular weight excluding hydrogens is 468 g/mol. The Bertz CT molecular complexity index is 1600. The number of nitrogens with zero attached hydrogens (tertiary/aromatic N) is 9. The zero-order valence-corrected chi connectivity index (χ0v) is 17.4. The van der Waals surface area contributed by atoms with Crippen molar-refractivity contribution in [2.75, 3.05) is 5.73 Å². The molecule has 0 radical (unpaired) electrons. The molecule has 0 amide bonds. The maximum Gasteiger partial charge on any atom is 0.451 e. The predicted octanol–water partition coefficient (Wildman–Crippen LogP) is 2.97. The number of nitrogen functional groups attached to an aromatic ring is 1. The van der Waals surface area contributed by atoms with Gasteiger partial charge in [0.1, 0.15) is 29.4 Å². The number of para-hydroxylation sites is 1. The van der Waals surface area contributed by atoms with E-state index in [0.29, 0.717) is 11.4 Å². The number of aromatic nitrogens is 8. The molecule has 174 valence electrons. The highest BCUT2D eigenvalue weighted by Crippen LogP contribution is 2.36. The molecule has 0 aliphatic carbocycles. The predicted molar refractivity (Wildman–Crippen MR) is 112 cm³/mol. The van der Waals surface area contributed by atoms with Gasteiger partial charge in [0.25, 0.3) is 0 Å². The maximum atomic E-state index is 14.1. The molecule has 4 heterocycles. The van der Waals surface area contributed by atoms with Crippen molar-refractivity contribution in [2.45, 2.75) is 12.6 Å². The molecular formula is C21H12F4N10. The Morgan fingerprint density at radius 2 is 1.83 bits per heavy atom. The third-order valence-corrected chi connectivity index (χ3v) is 5.14. The summed E-state index contributed by atoms with van der Waals surface area (Å²) in [6.07, 6.45) is -0.124. The molecule has 5 aromatic rings. The average molecular weight is 480 g/mol. The average Bonchev–Trinajstić information content (AvgIpc) is 3.42. The van der Waals surface area contributed by atoms with Gasteiger partial charge in [0.2, 0.25) is 5.82 Å². The quantitative estimate of drug-likeness (QED) is 0.388. The van der Waals surface area contributed by atoms with Crippen LogP contribution in [0.3, 0.4) is 0 Å². The van der Waals surface area contributed by atoms with E-state index in [1.54, 1.807) is 12.1 Å². The lowest BCUT2D eigenvalue weighted by atomic mass is 10.0. The molecule has 0 saturated heterocycles. The number of rotatable bonds is 4. The molecule has 2 N–H and O–H groups in total. The zero-order valence-electron chi connectivity index (χ0n) is 17.4. The minimum Gasteiger partial charge on any atom is -0.382 e. The zero-order chi connectivity index (χ0) is 24.7. The Morgan fingerprint density at radius 1 is 1.09 bits per heavy atom. The number of benzene rings is 1. The SMILES string of the molecule is N#Cc1c(-c2cnc(C(F)(F)F)nc2)c2c(N)ncnn2c1Cc1cn(-c2ccccc2F)nn1. The van der Waals surface area contributed by atoms with Gasteiger partial charge in [-0.1, -0.05) is 17.3 Å². The van der Waals surface area contributed by atoms with E-state index in [2.05, 4.69) is 36.4 Å². The number of alkyl halides is 3. The molecule has 0 aliphatic rings. The van der Waals surface area contributed by atoms with Crippen LogP contribution in [0, 0.1) is 17.1 Å². The van der Waals surface area contributed by atoms with Crippen molar-refractivity contribution >= 4 is 11.3 Å². The number of hydrogen-bond donors (Lipinski definition) is 1. The van der Waals surface area contributed by atoms with Crippen molar-refractivity contribution in [2.24, 2.45) is 0 Å². The molecule has 0 spiro atoms. The summed E-state index contributed by atoms with van der Waals surface area (Å²) in [6.45, 7) is 0. The first-order valence-electron chi connectivity index (χ1n) is 9.87. The van der Waals surface area contributed by atoms with E-state index in [1.807, 2.05) is 0 Å². The lowest BCUT2D eigenvalue weighted by Crippen LogP contribution is -2.10. The number of anilines is 1. The van der Waals surface area contributed by atoms with E-state index in [1.165, 1.54) is 33.9 Å². The molecule has 0 fully saturated rings. The van der Waals surface area contributed by atoms with Crippen LogP contribution in [-0.4, -0.2) is 39.6 Å². The fourth-order valence-corrected chi connectivity index (χ4v) is 3.65. The second-order valence-electron chi connectivity index (χ2n) is 7.29. The molecule has 0 aliphatic heterocycles. The number of halogens is 4. The normalized spacial score (nSPS) is 11.6. The van der Waals surface area contributed by atoms with Crippen LogP contribution in [0.25, 0.3) is 22.3 Å². The van der Waals surface area contributed by atoms with Crippen LogP contribution in [0.5, 0.6) is 0 Å². The Kier molecular flexibility index (Phi) is 5.09. The standard InChI is InChI=1S/C21H12F4N10/c22-14-3-1-2-4-15(14)34-9-12(32-33-34)5-16-13(6-26)17(18-19(27)30-10-31-35(16)18)11-7-28-20(29-8-11)21(23,24)25/h1-4,7-10H,5H2,(H2,27,30,31). The number of fused-ring (bicyclic) bond motifs is 1. The van der Waals surface area contributed by atoms with Crippen molar-refractivity contribution < 1.29 is 17.6 Å². The second-order valence-corrected chi connectivity index (χ2v) is 7.29. The van der Waals surface area contributed by atoms with Crippen LogP contribution in [0.4, 0.5) is 23.4 Å². The van der Waals surface area contributed by atoms with Crippen LogP contribution in [-0.2, 0) is 12.6 Å². The van der Waals surface area contributed by atoms with Gasteiger partial charge in [-0.05, 0) is 12.1 Å². The van der Waals surface area contributed by atoms with Crippen LogP contribution in [0.2, 0.25) is 0 Å². The lowest BCUT2D eigenvalue weighted by molar-refractivity contribution is -0.144. The van der Waals surface area contributed by atoms with Gasteiger partial charge in [-0.2, -0.15) is 23.5 Å². The van der Waals surface area contributed by atoms with Crippen molar-refractivity contribution in [3.05, 3.63) is 77.8 Å².